The minimum Gasteiger partial charge on any atom is -0.481 e. The summed E-state index contributed by atoms with van der Waals surface area (Å²) in [6.07, 6.45) is 1.40. The highest BCUT2D eigenvalue weighted by atomic mass is 16.4. The molecule has 54 valence electrons. The molecule has 0 unspecified atom stereocenters. The Morgan fingerprint density at radius 1 is 1.90 bits per heavy atom. The number of carbonyl (C=O) groups is 1. The second-order valence-electron chi connectivity index (χ2n) is 1.93. The highest BCUT2D eigenvalue weighted by Gasteiger charge is 2.04. The molecule has 1 rings (SSSR count). The lowest BCUT2D eigenvalue weighted by atomic mass is 10.4. The van der Waals surface area contributed by atoms with E-state index in [1.54, 1.807) is 11.6 Å². The zero-order valence-electron chi connectivity index (χ0n) is 5.48. The largest absolute Gasteiger partial charge is 0.481 e. The van der Waals surface area contributed by atoms with Gasteiger partial charge in [0.25, 0.3) is 0 Å². The summed E-state index contributed by atoms with van der Waals surface area (Å²) < 4.78 is 1.58. The van der Waals surface area contributed by atoms with Crippen LogP contribution in [0, 0.1) is 0 Å². The van der Waals surface area contributed by atoms with Gasteiger partial charge in [0.1, 0.15) is 18.6 Å². The summed E-state index contributed by atoms with van der Waals surface area (Å²) >= 11 is 0. The van der Waals surface area contributed by atoms with E-state index in [-0.39, 0.29) is 6.42 Å². The van der Waals surface area contributed by atoms with E-state index in [1.165, 1.54) is 6.33 Å². The smallest absolute Gasteiger partial charge is 0.311 e. The number of hydrogen-bond acceptors (Lipinski definition) is 3. The van der Waals surface area contributed by atoms with Gasteiger partial charge in [0.15, 0.2) is 0 Å². The Bertz CT molecular complexity index is 243. The summed E-state index contributed by atoms with van der Waals surface area (Å²) in [5.74, 6) is -0.427. The van der Waals surface area contributed by atoms with Crippen LogP contribution >= 0.6 is 0 Å². The third-order valence-electron chi connectivity index (χ3n) is 1.11. The van der Waals surface area contributed by atoms with Crippen molar-refractivity contribution in [2.45, 2.75) is 6.42 Å². The van der Waals surface area contributed by atoms with E-state index in [9.17, 15) is 4.79 Å². The molecule has 0 fully saturated rings. The molecule has 0 aliphatic rings. The molecule has 5 heteroatoms. The van der Waals surface area contributed by atoms with Gasteiger partial charge in [-0.05, 0) is 0 Å². The fraction of sp³-hybridized carbons (Fsp3) is 0.400. The number of aryl methyl sites for hydroxylation is 1. The Kier molecular flexibility index (Phi) is 1.66. The average molecular weight is 141 g/mol. The van der Waals surface area contributed by atoms with Gasteiger partial charge in [-0.2, -0.15) is 0 Å². The fourth-order valence-electron chi connectivity index (χ4n) is 0.602. The summed E-state index contributed by atoms with van der Waals surface area (Å²) in [5.41, 5.74) is 0. The van der Waals surface area contributed by atoms with E-state index in [4.69, 9.17) is 5.11 Å². The molecule has 0 radical (unpaired) electrons. The van der Waals surface area contributed by atoms with Crippen molar-refractivity contribution in [3.8, 4) is 0 Å². The normalized spacial score (nSPS) is 9.70. The first-order valence-corrected chi connectivity index (χ1v) is 2.75. The lowest BCUT2D eigenvalue weighted by Gasteiger charge is -1.92. The zero-order chi connectivity index (χ0) is 7.56. The molecular weight excluding hydrogens is 134 g/mol. The van der Waals surface area contributed by atoms with Gasteiger partial charge in [-0.3, -0.25) is 4.79 Å². The first kappa shape index (κ1) is 6.73. The van der Waals surface area contributed by atoms with Crippen LogP contribution in [0.25, 0.3) is 0 Å². The number of aliphatic carboxylic acids is 1. The number of carboxylic acid groups (broad SMARTS) is 1. The maximum absolute atomic E-state index is 10.1. The van der Waals surface area contributed by atoms with E-state index in [0.717, 1.165) is 0 Å². The molecule has 1 N–H and O–H groups in total. The van der Waals surface area contributed by atoms with E-state index < -0.39 is 5.97 Å². The standard InChI is InChI=1S/C5H7N3O2/c1-8-3-6-7-4(8)2-5(9)10/h3H,2H2,1H3,(H,9,10). The molecule has 0 saturated carbocycles. The van der Waals surface area contributed by atoms with Gasteiger partial charge in [0.2, 0.25) is 0 Å². The number of nitrogens with zero attached hydrogens (tertiary/aromatic N) is 3. The van der Waals surface area contributed by atoms with E-state index in [1.807, 2.05) is 0 Å². The lowest BCUT2D eigenvalue weighted by Crippen LogP contribution is -2.05. The van der Waals surface area contributed by atoms with Gasteiger partial charge in [0, 0.05) is 7.05 Å². The van der Waals surface area contributed by atoms with E-state index in [2.05, 4.69) is 10.2 Å². The van der Waals surface area contributed by atoms with Crippen LogP contribution in [0.15, 0.2) is 6.33 Å². The number of rotatable bonds is 2. The molecule has 0 aromatic carbocycles. The van der Waals surface area contributed by atoms with Crippen LogP contribution in [-0.4, -0.2) is 25.8 Å². The second-order valence-corrected chi connectivity index (χ2v) is 1.93. The van der Waals surface area contributed by atoms with Crippen molar-refractivity contribution in [1.82, 2.24) is 14.8 Å². The molecule has 0 aliphatic heterocycles. The van der Waals surface area contributed by atoms with Crippen LogP contribution in [0.1, 0.15) is 5.82 Å². The highest BCUT2D eigenvalue weighted by Crippen LogP contribution is 1.91. The van der Waals surface area contributed by atoms with Crippen LogP contribution in [0.5, 0.6) is 0 Å². The van der Waals surface area contributed by atoms with Crippen molar-refractivity contribution in [3.05, 3.63) is 12.2 Å². The second kappa shape index (κ2) is 2.47. The quantitative estimate of drug-likeness (QED) is 0.599. The van der Waals surface area contributed by atoms with Crippen molar-refractivity contribution in [1.29, 1.82) is 0 Å². The van der Waals surface area contributed by atoms with Crippen molar-refractivity contribution in [2.75, 3.05) is 0 Å². The Morgan fingerprint density at radius 3 is 3.00 bits per heavy atom. The Balaban J connectivity index is 2.74. The van der Waals surface area contributed by atoms with E-state index in [0.29, 0.717) is 5.82 Å². The van der Waals surface area contributed by atoms with Gasteiger partial charge < -0.3 is 9.67 Å². The van der Waals surface area contributed by atoms with Crippen molar-refractivity contribution < 1.29 is 9.90 Å². The molecule has 0 saturated heterocycles. The summed E-state index contributed by atoms with van der Waals surface area (Å²) in [4.78, 5) is 10.1. The van der Waals surface area contributed by atoms with Gasteiger partial charge in [0.05, 0.1) is 0 Å². The maximum atomic E-state index is 10.1. The Labute approximate surface area is 57.3 Å². The summed E-state index contributed by atoms with van der Waals surface area (Å²) in [6.45, 7) is 0. The predicted molar refractivity (Wildman–Crippen MR) is 32.3 cm³/mol. The van der Waals surface area contributed by atoms with Gasteiger partial charge in [-0.1, -0.05) is 0 Å². The predicted octanol–water partition coefficient (Wildman–Crippen LogP) is -0.558. The monoisotopic (exact) mass is 141 g/mol. The van der Waals surface area contributed by atoms with Crippen LogP contribution in [0.2, 0.25) is 0 Å². The number of carboxylic acids is 1. The molecule has 5 nitrogen and oxygen atoms in total. The topological polar surface area (TPSA) is 68.0 Å². The number of hydrogen-bond donors (Lipinski definition) is 1. The van der Waals surface area contributed by atoms with Gasteiger partial charge >= 0.3 is 5.97 Å². The molecular formula is C5H7N3O2. The van der Waals surface area contributed by atoms with Crippen molar-refractivity contribution in [3.63, 3.8) is 0 Å². The molecule has 0 atom stereocenters. The van der Waals surface area contributed by atoms with E-state index >= 15 is 0 Å². The minimum absolute atomic E-state index is 0.0729. The van der Waals surface area contributed by atoms with Crippen LogP contribution in [0.3, 0.4) is 0 Å². The molecule has 10 heavy (non-hydrogen) atoms. The van der Waals surface area contributed by atoms with Gasteiger partial charge in [-0.15, -0.1) is 10.2 Å². The summed E-state index contributed by atoms with van der Waals surface area (Å²) in [5, 5.41) is 15.4. The molecule has 1 heterocycles. The Hall–Kier alpha value is -1.39. The first-order chi connectivity index (χ1) is 4.70. The highest BCUT2D eigenvalue weighted by molar-refractivity contribution is 5.68. The summed E-state index contributed by atoms with van der Waals surface area (Å²) in [7, 11) is 1.71. The lowest BCUT2D eigenvalue weighted by molar-refractivity contribution is -0.136. The van der Waals surface area contributed by atoms with Gasteiger partial charge in [-0.25, -0.2) is 0 Å². The van der Waals surface area contributed by atoms with Crippen LogP contribution in [-0.2, 0) is 18.3 Å². The fourth-order valence-corrected chi connectivity index (χ4v) is 0.602. The molecule has 1 aromatic rings. The van der Waals surface area contributed by atoms with Crippen LogP contribution < -0.4 is 0 Å². The SMILES string of the molecule is Cn1cnnc1CC(=O)O. The molecule has 0 aliphatic carbocycles. The third-order valence-corrected chi connectivity index (χ3v) is 1.11. The first-order valence-electron chi connectivity index (χ1n) is 2.75. The van der Waals surface area contributed by atoms with Crippen molar-refractivity contribution in [2.24, 2.45) is 7.05 Å². The number of aromatic nitrogens is 3. The molecule has 0 bridgehead atoms. The maximum Gasteiger partial charge on any atom is 0.311 e. The zero-order valence-corrected chi connectivity index (χ0v) is 5.48. The summed E-state index contributed by atoms with van der Waals surface area (Å²) in [6, 6.07) is 0. The molecule has 0 amide bonds. The molecule has 1 aromatic heterocycles. The average Bonchev–Trinajstić information content (AvgIpc) is 2.15. The third kappa shape index (κ3) is 1.31. The van der Waals surface area contributed by atoms with Crippen molar-refractivity contribution >= 4 is 5.97 Å². The molecule has 0 spiro atoms. The minimum atomic E-state index is -0.892. The van der Waals surface area contributed by atoms with Crippen LogP contribution in [0.4, 0.5) is 0 Å². The Morgan fingerprint density at radius 2 is 2.60 bits per heavy atom.